The first kappa shape index (κ1) is 17.8. The number of carbonyl (C=O) groups is 2. The largest absolute Gasteiger partial charge is 0.342 e. The van der Waals surface area contributed by atoms with Crippen LogP contribution in [0.4, 0.5) is 0 Å². The van der Waals surface area contributed by atoms with Crippen molar-refractivity contribution in [2.75, 3.05) is 26.2 Å². The Labute approximate surface area is 159 Å². The molecule has 0 atom stereocenters. The molecule has 2 aliphatic rings. The quantitative estimate of drug-likeness (QED) is 0.884. The highest BCUT2D eigenvalue weighted by Gasteiger charge is 2.45. The van der Waals surface area contributed by atoms with E-state index in [0.717, 1.165) is 38.8 Å². The Morgan fingerprint density at radius 2 is 1.93 bits per heavy atom. The van der Waals surface area contributed by atoms with Gasteiger partial charge in [0.15, 0.2) is 0 Å². The fraction of sp³-hybridized carbons (Fsp3) is 0.476. The lowest BCUT2D eigenvalue weighted by molar-refractivity contribution is -0.127. The lowest BCUT2D eigenvalue weighted by Crippen LogP contribution is -2.44. The van der Waals surface area contributed by atoms with Gasteiger partial charge in [-0.2, -0.15) is 5.10 Å². The van der Waals surface area contributed by atoms with Crippen LogP contribution < -0.4 is 0 Å². The number of aromatic nitrogens is 2. The van der Waals surface area contributed by atoms with Crippen molar-refractivity contribution in [2.45, 2.75) is 32.1 Å². The fourth-order valence-electron chi connectivity index (χ4n) is 4.37. The molecule has 1 aromatic heterocycles. The maximum atomic E-state index is 12.5. The maximum absolute atomic E-state index is 12.5. The number of H-pyrrole nitrogens is 1. The lowest BCUT2D eigenvalue weighted by Gasteiger charge is -2.38. The number of piperidine rings is 1. The number of nitrogens with zero attached hydrogens (tertiary/aromatic N) is 3. The number of rotatable bonds is 5. The van der Waals surface area contributed by atoms with E-state index in [4.69, 9.17) is 0 Å². The van der Waals surface area contributed by atoms with E-state index in [1.54, 1.807) is 12.3 Å². The van der Waals surface area contributed by atoms with Gasteiger partial charge in [-0.15, -0.1) is 0 Å². The van der Waals surface area contributed by atoms with Crippen LogP contribution in [0.25, 0.3) is 0 Å². The molecule has 0 unspecified atom stereocenters. The van der Waals surface area contributed by atoms with Crippen molar-refractivity contribution in [2.24, 2.45) is 5.41 Å². The van der Waals surface area contributed by atoms with E-state index in [1.807, 2.05) is 15.9 Å². The standard InChI is InChI=1S/C21H26N4O2/c26-19-15-21(16-25(19)12-4-7-17-5-2-1-3-6-17)9-13-24(14-10-21)20(27)18-8-11-22-23-18/h1-3,5-6,8,11H,4,7,9-10,12-16H2,(H,22,23). The molecule has 6 heteroatoms. The number of likely N-dealkylation sites (tertiary alicyclic amines) is 2. The number of hydrogen-bond donors (Lipinski definition) is 1. The van der Waals surface area contributed by atoms with Crippen LogP contribution >= 0.6 is 0 Å². The zero-order valence-electron chi connectivity index (χ0n) is 15.6. The van der Waals surface area contributed by atoms with Crippen LogP contribution in [-0.4, -0.2) is 58.0 Å². The second-order valence-electron chi connectivity index (χ2n) is 7.84. The summed E-state index contributed by atoms with van der Waals surface area (Å²) in [5.74, 6) is 0.280. The maximum Gasteiger partial charge on any atom is 0.271 e. The van der Waals surface area contributed by atoms with Crippen LogP contribution in [0, 0.1) is 5.41 Å². The number of aryl methyl sites for hydroxylation is 1. The second-order valence-corrected chi connectivity index (χ2v) is 7.84. The molecule has 0 aliphatic carbocycles. The smallest absolute Gasteiger partial charge is 0.271 e. The summed E-state index contributed by atoms with van der Waals surface area (Å²) >= 11 is 0. The third-order valence-electron chi connectivity index (χ3n) is 5.98. The summed E-state index contributed by atoms with van der Waals surface area (Å²) in [7, 11) is 0. The number of carbonyl (C=O) groups excluding carboxylic acids is 2. The van der Waals surface area contributed by atoms with E-state index in [0.29, 0.717) is 25.2 Å². The Hall–Kier alpha value is -2.63. The van der Waals surface area contributed by atoms with Crippen LogP contribution in [0.15, 0.2) is 42.6 Å². The van der Waals surface area contributed by atoms with Crippen LogP contribution in [0.5, 0.6) is 0 Å². The number of benzene rings is 1. The molecule has 2 saturated heterocycles. The average molecular weight is 366 g/mol. The molecular formula is C21H26N4O2. The Balaban J connectivity index is 1.28. The van der Waals surface area contributed by atoms with Crippen LogP contribution in [0.3, 0.4) is 0 Å². The normalized spacial score (nSPS) is 19.0. The van der Waals surface area contributed by atoms with Gasteiger partial charge in [-0.25, -0.2) is 0 Å². The topological polar surface area (TPSA) is 69.3 Å². The molecule has 4 rings (SSSR count). The van der Waals surface area contributed by atoms with E-state index in [1.165, 1.54) is 5.56 Å². The number of hydrogen-bond acceptors (Lipinski definition) is 3. The van der Waals surface area contributed by atoms with Crippen molar-refractivity contribution in [1.29, 1.82) is 0 Å². The SMILES string of the molecule is O=C1CC2(CCN(C(=O)c3ccn[nH]3)CC2)CN1CCCc1ccccc1. The van der Waals surface area contributed by atoms with Crippen molar-refractivity contribution in [3.05, 3.63) is 53.9 Å². The van der Waals surface area contributed by atoms with Gasteiger partial charge >= 0.3 is 0 Å². The molecule has 142 valence electrons. The highest BCUT2D eigenvalue weighted by Crippen LogP contribution is 2.41. The van der Waals surface area contributed by atoms with Crippen LogP contribution in [-0.2, 0) is 11.2 Å². The van der Waals surface area contributed by atoms with Gasteiger partial charge in [0.2, 0.25) is 5.91 Å². The molecule has 2 amide bonds. The average Bonchev–Trinajstić information content (AvgIpc) is 3.32. The van der Waals surface area contributed by atoms with Gasteiger partial charge in [0, 0.05) is 44.2 Å². The molecule has 0 radical (unpaired) electrons. The van der Waals surface area contributed by atoms with Crippen molar-refractivity contribution >= 4 is 11.8 Å². The van der Waals surface area contributed by atoms with Crippen LogP contribution in [0.2, 0.25) is 0 Å². The van der Waals surface area contributed by atoms with Crippen molar-refractivity contribution in [3.63, 3.8) is 0 Å². The Morgan fingerprint density at radius 1 is 1.15 bits per heavy atom. The predicted molar refractivity (Wildman–Crippen MR) is 102 cm³/mol. The summed E-state index contributed by atoms with van der Waals surface area (Å²) in [4.78, 5) is 28.9. The monoisotopic (exact) mass is 366 g/mol. The summed E-state index contributed by atoms with van der Waals surface area (Å²) in [5, 5.41) is 6.60. The highest BCUT2D eigenvalue weighted by atomic mass is 16.2. The number of amides is 2. The summed E-state index contributed by atoms with van der Waals surface area (Å²) in [6.07, 6.45) is 6.02. The van der Waals surface area contributed by atoms with Gasteiger partial charge in [-0.3, -0.25) is 14.7 Å². The van der Waals surface area contributed by atoms with E-state index >= 15 is 0 Å². The van der Waals surface area contributed by atoms with Gasteiger partial charge in [0.25, 0.3) is 5.91 Å². The fourth-order valence-corrected chi connectivity index (χ4v) is 4.37. The molecule has 0 saturated carbocycles. The summed E-state index contributed by atoms with van der Waals surface area (Å²) in [6.45, 7) is 3.09. The van der Waals surface area contributed by atoms with E-state index in [9.17, 15) is 9.59 Å². The minimum atomic E-state index is 0.00592. The minimum absolute atomic E-state index is 0.00592. The van der Waals surface area contributed by atoms with E-state index in [2.05, 4.69) is 34.5 Å². The van der Waals surface area contributed by atoms with Crippen molar-refractivity contribution in [1.82, 2.24) is 20.0 Å². The van der Waals surface area contributed by atoms with Crippen molar-refractivity contribution < 1.29 is 9.59 Å². The minimum Gasteiger partial charge on any atom is -0.342 e. The highest BCUT2D eigenvalue weighted by molar-refractivity contribution is 5.92. The Kier molecular flexibility index (Phi) is 4.97. The molecule has 1 aromatic carbocycles. The first-order valence-electron chi connectivity index (χ1n) is 9.76. The zero-order chi connectivity index (χ0) is 18.7. The summed E-state index contributed by atoms with van der Waals surface area (Å²) < 4.78 is 0. The van der Waals surface area contributed by atoms with Gasteiger partial charge in [-0.05, 0) is 37.3 Å². The molecule has 2 aliphatic heterocycles. The van der Waals surface area contributed by atoms with Gasteiger partial charge in [0.1, 0.15) is 5.69 Å². The molecule has 1 N–H and O–H groups in total. The molecular weight excluding hydrogens is 340 g/mol. The van der Waals surface area contributed by atoms with Gasteiger partial charge in [-0.1, -0.05) is 30.3 Å². The van der Waals surface area contributed by atoms with Crippen molar-refractivity contribution in [3.8, 4) is 0 Å². The predicted octanol–water partition coefficient (Wildman–Crippen LogP) is 2.50. The molecule has 2 aromatic rings. The zero-order valence-corrected chi connectivity index (χ0v) is 15.6. The Bertz CT molecular complexity index is 780. The Morgan fingerprint density at radius 3 is 2.63 bits per heavy atom. The molecule has 0 bridgehead atoms. The van der Waals surface area contributed by atoms with Gasteiger partial charge < -0.3 is 9.80 Å². The van der Waals surface area contributed by atoms with Crippen LogP contribution in [0.1, 0.15) is 41.7 Å². The van der Waals surface area contributed by atoms with E-state index in [-0.39, 0.29) is 17.2 Å². The third-order valence-corrected chi connectivity index (χ3v) is 5.98. The summed E-state index contributed by atoms with van der Waals surface area (Å²) in [5.41, 5.74) is 1.91. The van der Waals surface area contributed by atoms with Gasteiger partial charge in [0.05, 0.1) is 0 Å². The number of aromatic amines is 1. The molecule has 2 fully saturated rings. The molecule has 1 spiro atoms. The molecule has 3 heterocycles. The number of nitrogens with one attached hydrogen (secondary N) is 1. The third kappa shape index (κ3) is 3.89. The second kappa shape index (κ2) is 7.55. The van der Waals surface area contributed by atoms with E-state index < -0.39 is 0 Å². The molecule has 27 heavy (non-hydrogen) atoms. The first-order chi connectivity index (χ1) is 13.2. The lowest BCUT2D eigenvalue weighted by atomic mass is 9.77. The molecule has 6 nitrogen and oxygen atoms in total. The first-order valence-corrected chi connectivity index (χ1v) is 9.76. The summed E-state index contributed by atoms with van der Waals surface area (Å²) in [6, 6.07) is 12.1.